The number of amides is 1. The van der Waals surface area contributed by atoms with Crippen molar-refractivity contribution in [2.45, 2.75) is 24.9 Å². The molecule has 1 atom stereocenters. The number of carbonyl (C=O) groups is 1. The van der Waals surface area contributed by atoms with Gasteiger partial charge < -0.3 is 19.7 Å². The second-order valence-corrected chi connectivity index (χ2v) is 5.45. The molecular formula is C13H17ClN4O3. The Morgan fingerprint density at radius 3 is 3.05 bits per heavy atom. The number of nitrogens with zero attached hydrogens (tertiary/aromatic N) is 3. The molecule has 1 saturated carbocycles. The first-order chi connectivity index (χ1) is 10.2. The van der Waals surface area contributed by atoms with Crippen LogP contribution in [0.1, 0.15) is 12.8 Å². The van der Waals surface area contributed by atoms with Crippen LogP contribution < -0.4 is 15.0 Å². The molecule has 1 saturated heterocycles. The quantitative estimate of drug-likeness (QED) is 0.822. The SMILES string of the molecule is COc1c(Cl)ncnc1N1CCOCC1C(=O)NC1CC1. The summed E-state index contributed by atoms with van der Waals surface area (Å²) in [6.45, 7) is 1.40. The monoisotopic (exact) mass is 312 g/mol. The van der Waals surface area contributed by atoms with E-state index < -0.39 is 6.04 Å². The molecule has 2 fully saturated rings. The van der Waals surface area contributed by atoms with Crippen LogP contribution in [0.15, 0.2) is 6.33 Å². The maximum Gasteiger partial charge on any atom is 0.245 e. The fraction of sp³-hybridized carbons (Fsp3) is 0.615. The predicted molar refractivity (Wildman–Crippen MR) is 76.7 cm³/mol. The highest BCUT2D eigenvalue weighted by atomic mass is 35.5. The van der Waals surface area contributed by atoms with E-state index in [-0.39, 0.29) is 11.1 Å². The van der Waals surface area contributed by atoms with E-state index in [1.165, 1.54) is 13.4 Å². The highest BCUT2D eigenvalue weighted by Crippen LogP contribution is 2.33. The lowest BCUT2D eigenvalue weighted by atomic mass is 10.2. The number of nitrogens with one attached hydrogen (secondary N) is 1. The summed E-state index contributed by atoms with van der Waals surface area (Å²) in [5, 5.41) is 3.23. The third kappa shape index (κ3) is 3.03. The number of halogens is 1. The zero-order chi connectivity index (χ0) is 14.8. The first-order valence-electron chi connectivity index (χ1n) is 6.90. The molecule has 1 aliphatic carbocycles. The van der Waals surface area contributed by atoms with Crippen molar-refractivity contribution in [1.82, 2.24) is 15.3 Å². The molecule has 114 valence electrons. The van der Waals surface area contributed by atoms with Crippen molar-refractivity contribution < 1.29 is 14.3 Å². The van der Waals surface area contributed by atoms with Crippen LogP contribution in [0.4, 0.5) is 5.82 Å². The molecule has 1 amide bonds. The Morgan fingerprint density at radius 1 is 1.52 bits per heavy atom. The Morgan fingerprint density at radius 2 is 2.33 bits per heavy atom. The van der Waals surface area contributed by atoms with E-state index in [1.54, 1.807) is 0 Å². The maximum atomic E-state index is 12.4. The molecule has 1 aromatic rings. The van der Waals surface area contributed by atoms with Crippen LogP contribution in [0.5, 0.6) is 5.75 Å². The third-order valence-corrected chi connectivity index (χ3v) is 3.84. The van der Waals surface area contributed by atoms with Crippen LogP contribution in [-0.2, 0) is 9.53 Å². The number of morpholine rings is 1. The van der Waals surface area contributed by atoms with Crippen molar-refractivity contribution in [3.8, 4) is 5.75 Å². The zero-order valence-electron chi connectivity index (χ0n) is 11.7. The van der Waals surface area contributed by atoms with Gasteiger partial charge in [-0.25, -0.2) is 9.97 Å². The van der Waals surface area contributed by atoms with E-state index in [0.717, 1.165) is 12.8 Å². The van der Waals surface area contributed by atoms with Gasteiger partial charge in [-0.3, -0.25) is 4.79 Å². The smallest absolute Gasteiger partial charge is 0.245 e. The zero-order valence-corrected chi connectivity index (χ0v) is 12.5. The molecule has 2 aliphatic rings. The molecule has 0 spiro atoms. The number of anilines is 1. The fourth-order valence-electron chi connectivity index (χ4n) is 2.32. The summed E-state index contributed by atoms with van der Waals surface area (Å²) in [5.74, 6) is 0.857. The van der Waals surface area contributed by atoms with Crippen LogP contribution >= 0.6 is 11.6 Å². The maximum absolute atomic E-state index is 12.4. The van der Waals surface area contributed by atoms with Crippen molar-refractivity contribution in [3.63, 3.8) is 0 Å². The summed E-state index contributed by atoms with van der Waals surface area (Å²) in [7, 11) is 1.51. The standard InChI is InChI=1S/C13H17ClN4O3/c1-20-10-11(14)15-7-16-12(10)18-4-5-21-6-9(18)13(19)17-8-2-3-8/h7-9H,2-6H2,1H3,(H,17,19). The number of hydrogen-bond acceptors (Lipinski definition) is 6. The van der Waals surface area contributed by atoms with Crippen LogP contribution in [-0.4, -0.2) is 54.8 Å². The molecule has 1 unspecified atom stereocenters. The number of aromatic nitrogens is 2. The summed E-state index contributed by atoms with van der Waals surface area (Å²) in [6.07, 6.45) is 3.45. The number of carbonyl (C=O) groups excluding carboxylic acids is 1. The number of methoxy groups -OCH3 is 1. The van der Waals surface area contributed by atoms with E-state index in [4.69, 9.17) is 21.1 Å². The van der Waals surface area contributed by atoms with Crippen molar-refractivity contribution in [2.75, 3.05) is 31.8 Å². The lowest BCUT2D eigenvalue weighted by molar-refractivity contribution is -0.124. The van der Waals surface area contributed by atoms with Gasteiger partial charge in [0.2, 0.25) is 5.91 Å². The van der Waals surface area contributed by atoms with Gasteiger partial charge >= 0.3 is 0 Å². The van der Waals surface area contributed by atoms with Gasteiger partial charge in [-0.15, -0.1) is 0 Å². The summed E-state index contributed by atoms with van der Waals surface area (Å²) in [6, 6.07) is -0.128. The minimum atomic E-state index is -0.431. The van der Waals surface area contributed by atoms with Gasteiger partial charge in [0.25, 0.3) is 0 Å². The Kier molecular flexibility index (Phi) is 4.12. The van der Waals surface area contributed by atoms with Gasteiger partial charge in [0.1, 0.15) is 12.4 Å². The largest absolute Gasteiger partial charge is 0.490 e. The van der Waals surface area contributed by atoms with Crippen LogP contribution in [0, 0.1) is 0 Å². The minimum Gasteiger partial charge on any atom is -0.490 e. The number of hydrogen-bond donors (Lipinski definition) is 1. The molecule has 1 aromatic heterocycles. The molecular weight excluding hydrogens is 296 g/mol. The van der Waals surface area contributed by atoms with Gasteiger partial charge in [0, 0.05) is 12.6 Å². The lowest BCUT2D eigenvalue weighted by Gasteiger charge is -2.35. The highest BCUT2D eigenvalue weighted by Gasteiger charge is 2.35. The van der Waals surface area contributed by atoms with E-state index in [2.05, 4.69) is 15.3 Å². The molecule has 0 aromatic carbocycles. The first-order valence-corrected chi connectivity index (χ1v) is 7.27. The van der Waals surface area contributed by atoms with Gasteiger partial charge in [0.05, 0.1) is 20.3 Å². The van der Waals surface area contributed by atoms with E-state index in [9.17, 15) is 4.79 Å². The second-order valence-electron chi connectivity index (χ2n) is 5.09. The Bertz CT molecular complexity index is 538. The summed E-state index contributed by atoms with van der Waals surface area (Å²) >= 11 is 6.04. The van der Waals surface area contributed by atoms with Gasteiger partial charge in [-0.05, 0) is 12.8 Å². The van der Waals surface area contributed by atoms with Crippen LogP contribution in [0.2, 0.25) is 5.15 Å². The molecule has 1 aliphatic heterocycles. The van der Waals surface area contributed by atoms with Gasteiger partial charge in [-0.1, -0.05) is 11.6 Å². The summed E-state index contributed by atoms with van der Waals surface area (Å²) in [4.78, 5) is 22.4. The Balaban J connectivity index is 1.86. The molecule has 1 N–H and O–H groups in total. The normalized spacial score (nSPS) is 22.0. The fourth-order valence-corrected chi connectivity index (χ4v) is 2.53. The second kappa shape index (κ2) is 6.03. The highest BCUT2D eigenvalue weighted by molar-refractivity contribution is 6.31. The Hall–Kier alpha value is -1.60. The topological polar surface area (TPSA) is 76.6 Å². The summed E-state index contributed by atoms with van der Waals surface area (Å²) in [5.41, 5.74) is 0. The van der Waals surface area contributed by atoms with E-state index >= 15 is 0 Å². The van der Waals surface area contributed by atoms with Crippen molar-refractivity contribution in [2.24, 2.45) is 0 Å². The van der Waals surface area contributed by atoms with Crippen LogP contribution in [0.3, 0.4) is 0 Å². The van der Waals surface area contributed by atoms with Crippen molar-refractivity contribution in [1.29, 1.82) is 0 Å². The molecule has 3 rings (SSSR count). The lowest BCUT2D eigenvalue weighted by Crippen LogP contribution is -2.54. The average molecular weight is 313 g/mol. The molecule has 0 radical (unpaired) electrons. The van der Waals surface area contributed by atoms with Crippen LogP contribution in [0.25, 0.3) is 0 Å². The molecule has 7 nitrogen and oxygen atoms in total. The van der Waals surface area contributed by atoms with Crippen molar-refractivity contribution in [3.05, 3.63) is 11.5 Å². The van der Waals surface area contributed by atoms with Gasteiger partial charge in [0.15, 0.2) is 16.7 Å². The van der Waals surface area contributed by atoms with E-state index in [1.807, 2.05) is 4.90 Å². The molecule has 0 bridgehead atoms. The Labute approximate surface area is 127 Å². The molecule has 8 heteroatoms. The minimum absolute atomic E-state index is 0.0472. The van der Waals surface area contributed by atoms with Gasteiger partial charge in [-0.2, -0.15) is 0 Å². The first kappa shape index (κ1) is 14.3. The predicted octanol–water partition coefficient (Wildman–Crippen LogP) is 0.622. The molecule has 2 heterocycles. The summed E-state index contributed by atoms with van der Waals surface area (Å²) < 4.78 is 10.7. The van der Waals surface area contributed by atoms with E-state index in [0.29, 0.717) is 37.4 Å². The number of ether oxygens (including phenoxy) is 2. The average Bonchev–Trinajstić information content (AvgIpc) is 3.31. The van der Waals surface area contributed by atoms with Crippen molar-refractivity contribution >= 4 is 23.3 Å². The number of rotatable bonds is 4. The molecule has 21 heavy (non-hydrogen) atoms. The third-order valence-electron chi connectivity index (χ3n) is 3.57.